The average molecular weight is 221 g/mol. The Morgan fingerprint density at radius 3 is 2.75 bits per heavy atom. The van der Waals surface area contributed by atoms with Crippen molar-refractivity contribution in [2.24, 2.45) is 11.7 Å². The van der Waals surface area contributed by atoms with E-state index in [1.807, 2.05) is 32.9 Å². The van der Waals surface area contributed by atoms with Crippen LogP contribution in [0.1, 0.15) is 26.0 Å². The molecule has 0 aromatic carbocycles. The molecule has 88 valence electrons. The molecule has 0 aliphatic carbocycles. The molecule has 0 bridgehead atoms. The molecule has 1 rings (SSSR count). The molecule has 4 nitrogen and oxygen atoms in total. The van der Waals surface area contributed by atoms with Gasteiger partial charge in [0, 0.05) is 18.2 Å². The molecule has 1 aromatic heterocycles. The number of aromatic nitrogens is 1. The predicted octanol–water partition coefficient (Wildman–Crippen LogP) is 1.70. The van der Waals surface area contributed by atoms with Crippen LogP contribution in [0.25, 0.3) is 0 Å². The minimum Gasteiger partial charge on any atom is -0.327 e. The van der Waals surface area contributed by atoms with Crippen molar-refractivity contribution in [2.75, 3.05) is 5.32 Å². The number of nitrogens with two attached hydrogens (primary N) is 1. The maximum absolute atomic E-state index is 11.6. The molecule has 3 N–H and O–H groups in total. The van der Waals surface area contributed by atoms with Crippen LogP contribution in [0.4, 0.5) is 5.82 Å². The van der Waals surface area contributed by atoms with E-state index in [2.05, 4.69) is 10.3 Å². The van der Waals surface area contributed by atoms with Crippen molar-refractivity contribution in [1.29, 1.82) is 0 Å². The number of hydrogen-bond donors (Lipinski definition) is 2. The Balaban J connectivity index is 2.52. The van der Waals surface area contributed by atoms with Gasteiger partial charge in [-0.15, -0.1) is 0 Å². The normalized spacial score (nSPS) is 12.6. The fourth-order valence-electron chi connectivity index (χ4n) is 1.26. The summed E-state index contributed by atoms with van der Waals surface area (Å²) in [5.74, 6) is 0.802. The largest absolute Gasteiger partial charge is 0.327 e. The second-order valence-corrected chi connectivity index (χ2v) is 4.32. The lowest BCUT2D eigenvalue weighted by Gasteiger charge is -2.14. The number of carbonyl (C=O) groups excluding carboxylic acids is 1. The molecule has 1 unspecified atom stereocenters. The molecule has 1 atom stereocenters. The molecule has 0 saturated carbocycles. The lowest BCUT2D eigenvalue weighted by atomic mass is 10.0. The molecular weight excluding hydrogens is 202 g/mol. The number of anilines is 1. The van der Waals surface area contributed by atoms with Crippen molar-refractivity contribution in [3.8, 4) is 0 Å². The SMILES string of the molecule is Cc1cccc(NC(=O)CC(N)C(C)C)n1. The van der Waals surface area contributed by atoms with E-state index in [9.17, 15) is 4.79 Å². The first kappa shape index (κ1) is 12.6. The van der Waals surface area contributed by atoms with Gasteiger partial charge < -0.3 is 11.1 Å². The minimum absolute atomic E-state index is 0.0840. The summed E-state index contributed by atoms with van der Waals surface area (Å²) in [6.45, 7) is 5.89. The van der Waals surface area contributed by atoms with Crippen LogP contribution in [0.5, 0.6) is 0 Å². The van der Waals surface area contributed by atoms with E-state index >= 15 is 0 Å². The van der Waals surface area contributed by atoms with Gasteiger partial charge >= 0.3 is 0 Å². The van der Waals surface area contributed by atoms with Gasteiger partial charge in [-0.05, 0) is 25.0 Å². The standard InChI is InChI=1S/C12H19N3O/c1-8(2)10(13)7-12(16)15-11-6-4-5-9(3)14-11/h4-6,8,10H,7,13H2,1-3H3,(H,14,15,16). The van der Waals surface area contributed by atoms with E-state index in [4.69, 9.17) is 5.73 Å². The van der Waals surface area contributed by atoms with Gasteiger partial charge in [-0.3, -0.25) is 4.79 Å². The second kappa shape index (κ2) is 5.61. The number of aryl methyl sites for hydroxylation is 1. The maximum atomic E-state index is 11.6. The Hall–Kier alpha value is -1.42. The highest BCUT2D eigenvalue weighted by Crippen LogP contribution is 2.07. The van der Waals surface area contributed by atoms with E-state index in [0.29, 0.717) is 18.2 Å². The van der Waals surface area contributed by atoms with Gasteiger partial charge in [-0.25, -0.2) is 4.98 Å². The summed E-state index contributed by atoms with van der Waals surface area (Å²) in [5.41, 5.74) is 6.70. The van der Waals surface area contributed by atoms with Crippen LogP contribution >= 0.6 is 0 Å². The predicted molar refractivity (Wildman–Crippen MR) is 65.0 cm³/mol. The van der Waals surface area contributed by atoms with E-state index in [1.165, 1.54) is 0 Å². The van der Waals surface area contributed by atoms with Crippen LogP contribution in [0.3, 0.4) is 0 Å². The topological polar surface area (TPSA) is 68.0 Å². The van der Waals surface area contributed by atoms with Crippen molar-refractivity contribution < 1.29 is 4.79 Å². The van der Waals surface area contributed by atoms with Crippen molar-refractivity contribution >= 4 is 11.7 Å². The molecule has 1 amide bonds. The molecule has 1 heterocycles. The fraction of sp³-hybridized carbons (Fsp3) is 0.500. The number of rotatable bonds is 4. The molecule has 0 aliphatic heterocycles. The van der Waals surface area contributed by atoms with Crippen molar-refractivity contribution in [3.05, 3.63) is 23.9 Å². The smallest absolute Gasteiger partial charge is 0.227 e. The Morgan fingerprint density at radius 2 is 2.19 bits per heavy atom. The monoisotopic (exact) mass is 221 g/mol. The van der Waals surface area contributed by atoms with Gasteiger partial charge in [0.05, 0.1) is 0 Å². The van der Waals surface area contributed by atoms with Crippen molar-refractivity contribution in [2.45, 2.75) is 33.2 Å². The van der Waals surface area contributed by atoms with Crippen LogP contribution in [-0.2, 0) is 4.79 Å². The molecular formula is C12H19N3O. The fourth-order valence-corrected chi connectivity index (χ4v) is 1.26. The zero-order valence-corrected chi connectivity index (χ0v) is 10.0. The Morgan fingerprint density at radius 1 is 1.50 bits per heavy atom. The highest BCUT2D eigenvalue weighted by molar-refractivity contribution is 5.90. The molecule has 0 saturated heterocycles. The lowest BCUT2D eigenvalue weighted by molar-refractivity contribution is -0.116. The first-order chi connectivity index (χ1) is 7.49. The summed E-state index contributed by atoms with van der Waals surface area (Å²) in [4.78, 5) is 15.8. The van der Waals surface area contributed by atoms with E-state index in [-0.39, 0.29) is 11.9 Å². The maximum Gasteiger partial charge on any atom is 0.227 e. The van der Waals surface area contributed by atoms with Crippen LogP contribution < -0.4 is 11.1 Å². The van der Waals surface area contributed by atoms with E-state index in [0.717, 1.165) is 5.69 Å². The van der Waals surface area contributed by atoms with Gasteiger partial charge in [0.1, 0.15) is 5.82 Å². The number of carbonyl (C=O) groups is 1. The number of hydrogen-bond acceptors (Lipinski definition) is 3. The average Bonchev–Trinajstić information content (AvgIpc) is 2.16. The Kier molecular flexibility index (Phi) is 4.43. The summed E-state index contributed by atoms with van der Waals surface area (Å²) >= 11 is 0. The van der Waals surface area contributed by atoms with Crippen LogP contribution in [-0.4, -0.2) is 16.9 Å². The van der Waals surface area contributed by atoms with Crippen LogP contribution in [0.15, 0.2) is 18.2 Å². The molecule has 4 heteroatoms. The van der Waals surface area contributed by atoms with Crippen LogP contribution in [0, 0.1) is 12.8 Å². The Labute approximate surface area is 96.3 Å². The number of nitrogens with one attached hydrogen (secondary N) is 1. The van der Waals surface area contributed by atoms with E-state index < -0.39 is 0 Å². The summed E-state index contributed by atoms with van der Waals surface area (Å²) in [6.07, 6.45) is 0.327. The van der Waals surface area contributed by atoms with E-state index in [1.54, 1.807) is 6.07 Å². The molecule has 0 radical (unpaired) electrons. The zero-order valence-electron chi connectivity index (χ0n) is 10.0. The van der Waals surface area contributed by atoms with Gasteiger partial charge in [0.25, 0.3) is 0 Å². The third kappa shape index (κ3) is 3.98. The van der Waals surface area contributed by atoms with Gasteiger partial charge in [-0.2, -0.15) is 0 Å². The lowest BCUT2D eigenvalue weighted by Crippen LogP contribution is -2.31. The van der Waals surface area contributed by atoms with Gasteiger partial charge in [-0.1, -0.05) is 19.9 Å². The molecule has 0 fully saturated rings. The first-order valence-corrected chi connectivity index (χ1v) is 5.48. The number of nitrogens with zero attached hydrogens (tertiary/aromatic N) is 1. The first-order valence-electron chi connectivity index (χ1n) is 5.48. The van der Waals surface area contributed by atoms with Crippen LogP contribution in [0.2, 0.25) is 0 Å². The zero-order chi connectivity index (χ0) is 12.1. The number of amides is 1. The molecule has 0 spiro atoms. The van der Waals surface area contributed by atoms with Crippen molar-refractivity contribution in [1.82, 2.24) is 4.98 Å². The highest BCUT2D eigenvalue weighted by Gasteiger charge is 2.13. The number of pyridine rings is 1. The quantitative estimate of drug-likeness (QED) is 0.813. The van der Waals surface area contributed by atoms with Gasteiger partial charge in [0.2, 0.25) is 5.91 Å². The Bertz CT molecular complexity index is 363. The molecule has 1 aromatic rings. The molecule has 16 heavy (non-hydrogen) atoms. The minimum atomic E-state index is -0.107. The van der Waals surface area contributed by atoms with Crippen molar-refractivity contribution in [3.63, 3.8) is 0 Å². The third-order valence-corrected chi connectivity index (χ3v) is 2.43. The summed E-state index contributed by atoms with van der Waals surface area (Å²) in [6, 6.07) is 5.41. The highest BCUT2D eigenvalue weighted by atomic mass is 16.1. The summed E-state index contributed by atoms with van der Waals surface area (Å²) < 4.78 is 0. The second-order valence-electron chi connectivity index (χ2n) is 4.32. The third-order valence-electron chi connectivity index (χ3n) is 2.43. The summed E-state index contributed by atoms with van der Waals surface area (Å²) in [7, 11) is 0. The molecule has 0 aliphatic rings. The summed E-state index contributed by atoms with van der Waals surface area (Å²) in [5, 5.41) is 2.74. The van der Waals surface area contributed by atoms with Gasteiger partial charge in [0.15, 0.2) is 0 Å².